The van der Waals surface area contributed by atoms with E-state index in [0.717, 1.165) is 22.1 Å². The molecule has 0 aliphatic rings. The molecule has 2 N–H and O–H groups in total. The minimum atomic E-state index is -1.06. The Bertz CT molecular complexity index is 1460. The Morgan fingerprint density at radius 3 is 1.67 bits per heavy atom. The number of carboxylic acids is 1. The van der Waals surface area contributed by atoms with E-state index in [-0.39, 0.29) is 22.4 Å². The normalized spacial score (nSPS) is 11.7. The first-order valence-corrected chi connectivity index (χ1v) is 9.70. The van der Waals surface area contributed by atoms with Gasteiger partial charge in [-0.15, -0.1) is 0 Å². The van der Waals surface area contributed by atoms with E-state index in [9.17, 15) is 24.6 Å². The van der Waals surface area contributed by atoms with E-state index in [4.69, 9.17) is 0 Å². The Labute approximate surface area is 173 Å². The minimum Gasteiger partial charge on any atom is -0.507 e. The van der Waals surface area contributed by atoms with E-state index in [1.54, 1.807) is 20.8 Å². The first kappa shape index (κ1) is 19.8. The molecule has 0 radical (unpaired) electrons. The molecule has 0 unspecified atom stereocenters. The van der Waals surface area contributed by atoms with Crippen molar-refractivity contribution in [3.05, 3.63) is 50.1 Å². The number of rotatable bonds is 3. The molecule has 0 fully saturated rings. The number of aromatic carboxylic acids is 1. The second-order valence-corrected chi connectivity index (χ2v) is 8.09. The summed E-state index contributed by atoms with van der Waals surface area (Å²) in [4.78, 5) is 36.4. The molecule has 30 heavy (non-hydrogen) atoms. The van der Waals surface area contributed by atoms with Gasteiger partial charge in [0, 0.05) is 38.2 Å². The van der Waals surface area contributed by atoms with Crippen LogP contribution in [0.1, 0.15) is 64.5 Å². The van der Waals surface area contributed by atoms with Crippen LogP contribution in [0.25, 0.3) is 32.3 Å². The van der Waals surface area contributed by atoms with Gasteiger partial charge in [0.1, 0.15) is 5.75 Å². The van der Waals surface area contributed by atoms with Crippen molar-refractivity contribution < 1.29 is 24.6 Å². The Hall–Kier alpha value is -3.47. The molecule has 0 saturated heterocycles. The molecule has 4 rings (SSSR count). The maximum atomic E-state index is 12.4. The number of phenols is 1. The largest absolute Gasteiger partial charge is 0.507 e. The van der Waals surface area contributed by atoms with Gasteiger partial charge in [-0.05, 0) is 80.1 Å². The number of carbonyl (C=O) groups is 3. The molecule has 0 aliphatic heterocycles. The summed E-state index contributed by atoms with van der Waals surface area (Å²) >= 11 is 0. The number of hydrogen-bond donors (Lipinski definition) is 2. The summed E-state index contributed by atoms with van der Waals surface area (Å²) in [6, 6.07) is 0. The minimum absolute atomic E-state index is 0.0124. The van der Waals surface area contributed by atoms with Gasteiger partial charge in [0.25, 0.3) is 0 Å². The van der Waals surface area contributed by atoms with Gasteiger partial charge >= 0.3 is 5.97 Å². The van der Waals surface area contributed by atoms with Gasteiger partial charge in [-0.1, -0.05) is 0 Å². The molecule has 0 amide bonds. The lowest BCUT2D eigenvalue weighted by atomic mass is 9.78. The second-order valence-electron chi connectivity index (χ2n) is 8.09. The molecule has 0 atom stereocenters. The van der Waals surface area contributed by atoms with Gasteiger partial charge in [0.15, 0.2) is 12.6 Å². The molecule has 0 aromatic heterocycles. The summed E-state index contributed by atoms with van der Waals surface area (Å²) in [6.07, 6.45) is 1.28. The van der Waals surface area contributed by atoms with Gasteiger partial charge in [-0.25, -0.2) is 4.79 Å². The highest BCUT2D eigenvalue weighted by atomic mass is 16.4. The predicted octanol–water partition coefficient (Wildman–Crippen LogP) is 5.46. The third kappa shape index (κ3) is 2.09. The van der Waals surface area contributed by atoms with Gasteiger partial charge in [0.2, 0.25) is 0 Å². The monoisotopic (exact) mass is 402 g/mol. The number of aryl methyl sites for hydroxylation is 5. The average Bonchev–Trinajstić information content (AvgIpc) is 2.70. The number of aromatic hydroxyl groups is 1. The highest BCUT2D eigenvalue weighted by Gasteiger charge is 2.29. The Morgan fingerprint density at radius 1 is 0.600 bits per heavy atom. The fourth-order valence-electron chi connectivity index (χ4n) is 5.20. The molecule has 0 aliphatic carbocycles. The number of phenolic OH excluding ortho intramolecular Hbond substituents is 1. The van der Waals surface area contributed by atoms with Crippen molar-refractivity contribution in [1.29, 1.82) is 0 Å². The van der Waals surface area contributed by atoms with Crippen molar-refractivity contribution >= 4 is 50.9 Å². The Kier molecular flexibility index (Phi) is 4.14. The molecule has 5 nitrogen and oxygen atoms in total. The van der Waals surface area contributed by atoms with Gasteiger partial charge in [-0.2, -0.15) is 0 Å². The summed E-state index contributed by atoms with van der Waals surface area (Å²) in [5.41, 5.74) is 4.86. The lowest BCUT2D eigenvalue weighted by molar-refractivity contribution is 0.0698. The van der Waals surface area contributed by atoms with Crippen molar-refractivity contribution in [2.24, 2.45) is 0 Å². The maximum absolute atomic E-state index is 12.4. The molecular weight excluding hydrogens is 380 g/mol. The molecule has 0 spiro atoms. The van der Waals surface area contributed by atoms with E-state index in [1.165, 1.54) is 0 Å². The topological polar surface area (TPSA) is 91.7 Å². The van der Waals surface area contributed by atoms with Gasteiger partial charge in [-0.3, -0.25) is 9.59 Å². The third-order valence-electron chi connectivity index (χ3n) is 6.88. The van der Waals surface area contributed by atoms with E-state index in [2.05, 4.69) is 0 Å². The van der Waals surface area contributed by atoms with Crippen LogP contribution in [-0.2, 0) is 0 Å². The quantitative estimate of drug-likeness (QED) is 0.350. The van der Waals surface area contributed by atoms with E-state index >= 15 is 0 Å². The zero-order valence-electron chi connectivity index (χ0n) is 17.8. The fraction of sp³-hybridized carbons (Fsp3) is 0.240. The molecule has 5 heteroatoms. The van der Waals surface area contributed by atoms with Crippen LogP contribution in [0.4, 0.5) is 0 Å². The fourth-order valence-corrected chi connectivity index (χ4v) is 5.20. The second kappa shape index (κ2) is 6.26. The zero-order chi connectivity index (χ0) is 22.2. The highest BCUT2D eigenvalue weighted by molar-refractivity contribution is 6.34. The van der Waals surface area contributed by atoms with Gasteiger partial charge in [0.05, 0.1) is 5.56 Å². The molecule has 4 aromatic carbocycles. The van der Waals surface area contributed by atoms with Crippen LogP contribution in [0, 0.1) is 41.5 Å². The van der Waals surface area contributed by atoms with Crippen LogP contribution in [0.3, 0.4) is 0 Å². The first-order chi connectivity index (χ1) is 14.1. The molecule has 4 aromatic rings. The average molecular weight is 402 g/mol. The number of aldehydes is 2. The van der Waals surface area contributed by atoms with E-state index in [1.807, 2.05) is 20.8 Å². The van der Waals surface area contributed by atoms with Crippen molar-refractivity contribution in [2.45, 2.75) is 41.5 Å². The summed E-state index contributed by atoms with van der Waals surface area (Å²) in [6.45, 7) is 10.9. The molecule has 0 heterocycles. The number of carboxylic acid groups (broad SMARTS) is 1. The Morgan fingerprint density at radius 2 is 1.13 bits per heavy atom. The van der Waals surface area contributed by atoms with Crippen LogP contribution in [-0.4, -0.2) is 28.8 Å². The first-order valence-electron chi connectivity index (χ1n) is 9.70. The Balaban J connectivity index is 2.65. The van der Waals surface area contributed by atoms with Gasteiger partial charge < -0.3 is 10.2 Å². The summed E-state index contributed by atoms with van der Waals surface area (Å²) in [7, 11) is 0. The third-order valence-corrected chi connectivity index (χ3v) is 6.88. The van der Waals surface area contributed by atoms with E-state index < -0.39 is 5.97 Å². The van der Waals surface area contributed by atoms with E-state index in [0.29, 0.717) is 56.2 Å². The summed E-state index contributed by atoms with van der Waals surface area (Å²) in [5.74, 6) is -1.05. The molecule has 0 saturated carbocycles. The number of benzene rings is 4. The SMILES string of the molecule is Cc1c(C)c2c(O)c(C)c3c(C=O)c(C=O)c(C)c4c(C)c(C(=O)O)c(c1C)c2c43. The maximum Gasteiger partial charge on any atom is 0.336 e. The van der Waals surface area contributed by atoms with Crippen LogP contribution >= 0.6 is 0 Å². The van der Waals surface area contributed by atoms with Crippen molar-refractivity contribution in [3.8, 4) is 5.75 Å². The molecule has 152 valence electrons. The predicted molar refractivity (Wildman–Crippen MR) is 118 cm³/mol. The van der Waals surface area contributed by atoms with Crippen LogP contribution in [0.15, 0.2) is 0 Å². The highest BCUT2D eigenvalue weighted by Crippen LogP contribution is 2.50. The number of hydrogen-bond acceptors (Lipinski definition) is 4. The molecular formula is C25H22O5. The summed E-state index contributed by atoms with van der Waals surface area (Å²) in [5, 5.41) is 25.0. The van der Waals surface area contributed by atoms with Crippen molar-refractivity contribution in [1.82, 2.24) is 0 Å². The smallest absolute Gasteiger partial charge is 0.336 e. The standard InChI is InChI=1S/C25H22O5/c1-9-10(2)19-21(25(29)30)13(5)17-12(4)15(7-26)16(8-27)18-14(6)24(28)20(11(9)3)23(19)22(17)18/h7-8,28H,1-6H3,(H,29,30). The van der Waals surface area contributed by atoms with Crippen LogP contribution in [0.2, 0.25) is 0 Å². The number of carbonyl (C=O) groups excluding carboxylic acids is 2. The zero-order valence-corrected chi connectivity index (χ0v) is 17.8. The van der Waals surface area contributed by atoms with Crippen LogP contribution in [0.5, 0.6) is 5.75 Å². The van der Waals surface area contributed by atoms with Crippen molar-refractivity contribution in [3.63, 3.8) is 0 Å². The molecule has 0 bridgehead atoms. The lowest BCUT2D eigenvalue weighted by Gasteiger charge is -2.25. The summed E-state index contributed by atoms with van der Waals surface area (Å²) < 4.78 is 0. The van der Waals surface area contributed by atoms with Crippen LogP contribution < -0.4 is 0 Å². The lowest BCUT2D eigenvalue weighted by Crippen LogP contribution is -2.09. The van der Waals surface area contributed by atoms with Crippen molar-refractivity contribution in [2.75, 3.05) is 0 Å².